The molecule has 2 N–H and O–H groups in total. The Bertz CT molecular complexity index is 1700. The van der Waals surface area contributed by atoms with E-state index in [1.54, 1.807) is 23.6 Å². The van der Waals surface area contributed by atoms with Crippen LogP contribution in [0.5, 0.6) is 11.5 Å². The van der Waals surface area contributed by atoms with E-state index in [4.69, 9.17) is 19.6 Å². The minimum atomic E-state index is -0.575. The molecule has 8 nitrogen and oxygen atoms in total. The zero-order valence-corrected chi connectivity index (χ0v) is 28.6. The SMILES string of the molecule is CCCSc1nc2n(n1)C(c1cc(Br)c(OCc3cccc(Br)c3)c(OC)c1)C(C(=O)Nc1cccc(C)c1C)=C(C)N2. The Hall–Kier alpha value is -3.28. The van der Waals surface area contributed by atoms with Gasteiger partial charge in [0.2, 0.25) is 11.1 Å². The third-order valence-corrected chi connectivity index (χ3v) is 9.33. The number of carbonyl (C=O) groups is 1. The summed E-state index contributed by atoms with van der Waals surface area (Å²) in [5.74, 6) is 2.35. The number of rotatable bonds is 10. The number of fused-ring (bicyclic) bond motifs is 1. The molecular formula is C32H33Br2N5O3S. The first-order valence-corrected chi connectivity index (χ1v) is 16.5. The van der Waals surface area contributed by atoms with Crippen LogP contribution in [-0.2, 0) is 11.4 Å². The van der Waals surface area contributed by atoms with Crippen molar-refractivity contribution in [2.45, 2.75) is 51.9 Å². The van der Waals surface area contributed by atoms with Crippen molar-refractivity contribution < 1.29 is 14.3 Å². The van der Waals surface area contributed by atoms with Gasteiger partial charge in [0.15, 0.2) is 11.5 Å². The molecule has 0 fully saturated rings. The fourth-order valence-electron chi connectivity index (χ4n) is 4.88. The highest BCUT2D eigenvalue weighted by molar-refractivity contribution is 9.10. The molecule has 1 aromatic heterocycles. The minimum absolute atomic E-state index is 0.224. The number of hydrogen-bond acceptors (Lipinski definition) is 7. The van der Waals surface area contributed by atoms with Gasteiger partial charge in [-0.2, -0.15) is 4.98 Å². The largest absolute Gasteiger partial charge is 0.493 e. The summed E-state index contributed by atoms with van der Waals surface area (Å²) in [6, 6.07) is 17.1. The van der Waals surface area contributed by atoms with Crippen molar-refractivity contribution in [3.05, 3.63) is 97.1 Å². The number of nitrogens with one attached hydrogen (secondary N) is 2. The number of carbonyl (C=O) groups excluding carboxylic acids is 1. The number of ether oxygens (including phenoxy) is 2. The van der Waals surface area contributed by atoms with Crippen molar-refractivity contribution in [1.29, 1.82) is 0 Å². The van der Waals surface area contributed by atoms with Crippen LogP contribution in [-0.4, -0.2) is 33.5 Å². The highest BCUT2D eigenvalue weighted by atomic mass is 79.9. The van der Waals surface area contributed by atoms with Gasteiger partial charge in [-0.3, -0.25) is 4.79 Å². The topological polar surface area (TPSA) is 90.3 Å². The number of hydrogen-bond donors (Lipinski definition) is 2. The first kappa shape index (κ1) is 31.2. The maximum atomic E-state index is 14.1. The molecule has 224 valence electrons. The second-order valence-electron chi connectivity index (χ2n) is 10.2. The molecule has 0 spiro atoms. The zero-order valence-electron chi connectivity index (χ0n) is 24.6. The number of nitrogens with zero attached hydrogens (tertiary/aromatic N) is 3. The van der Waals surface area contributed by atoms with E-state index in [2.05, 4.69) is 49.4 Å². The summed E-state index contributed by atoms with van der Waals surface area (Å²) < 4.78 is 15.5. The molecule has 11 heteroatoms. The first-order chi connectivity index (χ1) is 20.7. The van der Waals surface area contributed by atoms with Crippen molar-refractivity contribution >= 4 is 61.2 Å². The summed E-state index contributed by atoms with van der Waals surface area (Å²) in [6.45, 7) is 8.40. The molecule has 5 rings (SSSR count). The van der Waals surface area contributed by atoms with Gasteiger partial charge in [-0.15, -0.1) is 5.10 Å². The molecule has 0 radical (unpaired) electrons. The fourth-order valence-corrected chi connectivity index (χ4v) is 6.59. The molecule has 1 aliphatic heterocycles. The number of halogens is 2. The van der Waals surface area contributed by atoms with Crippen LogP contribution in [0.25, 0.3) is 0 Å². The Labute approximate surface area is 272 Å². The lowest BCUT2D eigenvalue weighted by Gasteiger charge is -2.29. The lowest BCUT2D eigenvalue weighted by atomic mass is 9.94. The molecule has 1 aliphatic rings. The van der Waals surface area contributed by atoms with Crippen LogP contribution in [0, 0.1) is 13.8 Å². The molecular weight excluding hydrogens is 694 g/mol. The second-order valence-corrected chi connectivity index (χ2v) is 13.1. The number of amides is 1. The van der Waals surface area contributed by atoms with Gasteiger partial charge in [0.05, 0.1) is 17.2 Å². The Morgan fingerprint density at radius 3 is 2.65 bits per heavy atom. The smallest absolute Gasteiger partial charge is 0.255 e. The molecule has 1 amide bonds. The summed E-state index contributed by atoms with van der Waals surface area (Å²) in [4.78, 5) is 18.8. The summed E-state index contributed by atoms with van der Waals surface area (Å²) in [7, 11) is 1.61. The van der Waals surface area contributed by atoms with Crippen LogP contribution >= 0.6 is 43.6 Å². The molecule has 1 unspecified atom stereocenters. The highest BCUT2D eigenvalue weighted by Crippen LogP contribution is 2.43. The Kier molecular flexibility index (Phi) is 9.83. The third kappa shape index (κ3) is 6.78. The predicted octanol–water partition coefficient (Wildman–Crippen LogP) is 8.44. The van der Waals surface area contributed by atoms with Crippen LogP contribution in [0.3, 0.4) is 0 Å². The highest BCUT2D eigenvalue weighted by Gasteiger charge is 2.35. The number of aromatic nitrogens is 3. The Morgan fingerprint density at radius 1 is 1.12 bits per heavy atom. The quantitative estimate of drug-likeness (QED) is 0.159. The van der Waals surface area contributed by atoms with Crippen LogP contribution in [0.4, 0.5) is 11.6 Å². The fraction of sp³-hybridized carbons (Fsp3) is 0.281. The summed E-state index contributed by atoms with van der Waals surface area (Å²) in [5.41, 5.74) is 5.92. The van der Waals surface area contributed by atoms with Crippen LogP contribution in [0.15, 0.2) is 80.0 Å². The molecule has 1 atom stereocenters. The van der Waals surface area contributed by atoms with Crippen molar-refractivity contribution in [2.24, 2.45) is 0 Å². The normalized spacial score (nSPS) is 14.3. The molecule has 0 saturated heterocycles. The predicted molar refractivity (Wildman–Crippen MR) is 179 cm³/mol. The minimum Gasteiger partial charge on any atom is -0.493 e. The maximum Gasteiger partial charge on any atom is 0.255 e. The summed E-state index contributed by atoms with van der Waals surface area (Å²) >= 11 is 8.82. The Morgan fingerprint density at radius 2 is 1.91 bits per heavy atom. The van der Waals surface area contributed by atoms with E-state index in [1.165, 1.54) is 0 Å². The van der Waals surface area contributed by atoms with E-state index in [0.717, 1.165) is 44.6 Å². The van der Waals surface area contributed by atoms with E-state index >= 15 is 0 Å². The number of methoxy groups -OCH3 is 1. The van der Waals surface area contributed by atoms with Crippen molar-refractivity contribution in [1.82, 2.24) is 14.8 Å². The average molecular weight is 728 g/mol. The molecule has 0 aliphatic carbocycles. The van der Waals surface area contributed by atoms with Gasteiger partial charge in [0.1, 0.15) is 12.6 Å². The number of anilines is 2. The number of benzene rings is 3. The van der Waals surface area contributed by atoms with Gasteiger partial charge in [-0.25, -0.2) is 4.68 Å². The van der Waals surface area contributed by atoms with Gasteiger partial charge in [-0.1, -0.05) is 58.9 Å². The van der Waals surface area contributed by atoms with Gasteiger partial charge in [0.25, 0.3) is 5.91 Å². The van der Waals surface area contributed by atoms with Gasteiger partial charge >= 0.3 is 0 Å². The average Bonchev–Trinajstić information content (AvgIpc) is 3.38. The van der Waals surface area contributed by atoms with Crippen LogP contribution in [0.2, 0.25) is 0 Å². The second kappa shape index (κ2) is 13.6. The van der Waals surface area contributed by atoms with Crippen molar-refractivity contribution in [3.63, 3.8) is 0 Å². The molecule has 4 aromatic rings. The monoisotopic (exact) mass is 725 g/mol. The van der Waals surface area contributed by atoms with Crippen molar-refractivity contribution in [2.75, 3.05) is 23.5 Å². The molecule has 0 bridgehead atoms. The van der Waals surface area contributed by atoms with Gasteiger partial charge in [-0.05, 0) is 95.7 Å². The number of thioether (sulfide) groups is 1. The third-order valence-electron chi connectivity index (χ3n) is 7.21. The van der Waals surface area contributed by atoms with Gasteiger partial charge < -0.3 is 20.1 Å². The number of aryl methyl sites for hydroxylation is 1. The molecule has 3 aromatic carbocycles. The van der Waals surface area contributed by atoms with Crippen LogP contribution < -0.4 is 20.1 Å². The van der Waals surface area contributed by atoms with E-state index in [-0.39, 0.29) is 5.91 Å². The zero-order chi connectivity index (χ0) is 30.7. The lowest BCUT2D eigenvalue weighted by Crippen LogP contribution is -2.31. The molecule has 43 heavy (non-hydrogen) atoms. The lowest BCUT2D eigenvalue weighted by molar-refractivity contribution is -0.113. The van der Waals surface area contributed by atoms with Crippen LogP contribution in [0.1, 0.15) is 48.6 Å². The van der Waals surface area contributed by atoms with E-state index in [0.29, 0.717) is 45.0 Å². The summed E-state index contributed by atoms with van der Waals surface area (Å²) in [5, 5.41) is 12.0. The Balaban J connectivity index is 1.56. The van der Waals surface area contributed by atoms with E-state index < -0.39 is 6.04 Å². The number of allylic oxidation sites excluding steroid dienone is 1. The molecule has 2 heterocycles. The molecule has 0 saturated carbocycles. The van der Waals surface area contributed by atoms with Gasteiger partial charge in [0, 0.05) is 21.6 Å². The first-order valence-electron chi connectivity index (χ1n) is 13.9. The maximum absolute atomic E-state index is 14.1. The van der Waals surface area contributed by atoms with E-state index in [1.807, 2.05) is 75.4 Å². The summed E-state index contributed by atoms with van der Waals surface area (Å²) in [6.07, 6.45) is 0.998. The van der Waals surface area contributed by atoms with E-state index in [9.17, 15) is 4.79 Å². The standard InChI is InChI=1S/C32H33Br2N5O3S/c1-6-13-43-32-37-31-35-20(4)27(30(40)36-25-12-7-9-18(2)19(25)3)28(39(31)38-32)22-15-24(34)29(26(16-22)41-5)42-17-21-10-8-11-23(33)14-21/h7-12,14-16,28H,6,13,17H2,1-5H3,(H,36,40)(H,35,37,38). The van der Waals surface area contributed by atoms with Crippen molar-refractivity contribution in [3.8, 4) is 11.5 Å².